The summed E-state index contributed by atoms with van der Waals surface area (Å²) < 4.78 is 5.09. The van der Waals surface area contributed by atoms with Crippen molar-refractivity contribution < 1.29 is 9.53 Å². The second kappa shape index (κ2) is 3.95. The van der Waals surface area contributed by atoms with Crippen LogP contribution >= 0.6 is 11.6 Å². The summed E-state index contributed by atoms with van der Waals surface area (Å²) in [5, 5.41) is 0.947. The van der Waals surface area contributed by atoms with Crippen LogP contribution in [0.5, 0.6) is 5.75 Å². The fraction of sp³-hybridized carbons (Fsp3) is 0.182. The van der Waals surface area contributed by atoms with Crippen LogP contribution in [0.2, 0.25) is 0 Å². The molecule has 0 aliphatic rings. The van der Waals surface area contributed by atoms with E-state index in [1.807, 2.05) is 18.2 Å². The van der Waals surface area contributed by atoms with Gasteiger partial charge in [-0.15, -0.1) is 11.6 Å². The van der Waals surface area contributed by atoms with E-state index in [9.17, 15) is 4.79 Å². The molecule has 1 aromatic carbocycles. The summed E-state index contributed by atoms with van der Waals surface area (Å²) in [7, 11) is 1.61. The van der Waals surface area contributed by atoms with E-state index in [0.717, 1.165) is 16.7 Å². The molecular weight excluding hydrogens is 214 g/mol. The van der Waals surface area contributed by atoms with Crippen molar-refractivity contribution in [1.29, 1.82) is 0 Å². The molecule has 0 radical (unpaired) electrons. The van der Waals surface area contributed by atoms with Crippen LogP contribution in [0.25, 0.3) is 10.9 Å². The van der Waals surface area contributed by atoms with E-state index in [0.29, 0.717) is 5.69 Å². The molecule has 1 N–H and O–H groups in total. The molecule has 15 heavy (non-hydrogen) atoms. The topological polar surface area (TPSA) is 42.1 Å². The first-order valence-corrected chi connectivity index (χ1v) is 5.04. The predicted molar refractivity (Wildman–Crippen MR) is 59.9 cm³/mol. The molecule has 0 saturated carbocycles. The third-order valence-corrected chi connectivity index (χ3v) is 2.49. The van der Waals surface area contributed by atoms with Crippen molar-refractivity contribution >= 4 is 28.3 Å². The number of H-pyrrole nitrogens is 1. The first kappa shape index (κ1) is 10.1. The molecule has 1 aromatic heterocycles. The lowest BCUT2D eigenvalue weighted by Gasteiger charge is -1.97. The number of rotatable bonds is 3. The molecule has 0 aliphatic heterocycles. The highest BCUT2D eigenvalue weighted by molar-refractivity contribution is 6.30. The molecule has 0 amide bonds. The van der Waals surface area contributed by atoms with E-state index in [-0.39, 0.29) is 11.7 Å². The number of aromatic amines is 1. The highest BCUT2D eigenvalue weighted by Gasteiger charge is 2.08. The molecule has 0 unspecified atom stereocenters. The summed E-state index contributed by atoms with van der Waals surface area (Å²) >= 11 is 5.48. The molecule has 0 bridgehead atoms. The van der Waals surface area contributed by atoms with Gasteiger partial charge in [0.1, 0.15) is 5.75 Å². The SMILES string of the molecule is COc1ccc2[nH]c(C(=O)CCl)cc2c1. The number of alkyl halides is 1. The smallest absolute Gasteiger partial charge is 0.193 e. The minimum absolute atomic E-state index is 0.00996. The van der Waals surface area contributed by atoms with Crippen molar-refractivity contribution in [1.82, 2.24) is 4.98 Å². The van der Waals surface area contributed by atoms with Crippen molar-refractivity contribution in [2.45, 2.75) is 0 Å². The summed E-state index contributed by atoms with van der Waals surface area (Å²) in [6.07, 6.45) is 0. The number of carbonyl (C=O) groups excluding carboxylic acids is 1. The van der Waals surface area contributed by atoms with Crippen molar-refractivity contribution in [3.63, 3.8) is 0 Å². The Kier molecular flexibility index (Phi) is 2.64. The average Bonchev–Trinajstić information content (AvgIpc) is 2.70. The van der Waals surface area contributed by atoms with Crippen LogP contribution in [-0.4, -0.2) is 23.8 Å². The van der Waals surface area contributed by atoms with Crippen LogP contribution < -0.4 is 4.74 Å². The van der Waals surface area contributed by atoms with E-state index in [4.69, 9.17) is 16.3 Å². The van der Waals surface area contributed by atoms with E-state index < -0.39 is 0 Å². The van der Waals surface area contributed by atoms with E-state index in [2.05, 4.69) is 4.98 Å². The lowest BCUT2D eigenvalue weighted by Crippen LogP contribution is -1.99. The van der Waals surface area contributed by atoms with Gasteiger partial charge in [0.2, 0.25) is 0 Å². The Hall–Kier alpha value is -1.48. The molecule has 3 nitrogen and oxygen atoms in total. The largest absolute Gasteiger partial charge is 0.497 e. The fourth-order valence-corrected chi connectivity index (χ4v) is 1.60. The van der Waals surface area contributed by atoms with Crippen LogP contribution in [-0.2, 0) is 0 Å². The van der Waals surface area contributed by atoms with Gasteiger partial charge in [0.25, 0.3) is 0 Å². The zero-order chi connectivity index (χ0) is 10.8. The Balaban J connectivity index is 2.51. The quantitative estimate of drug-likeness (QED) is 0.642. The number of carbonyl (C=O) groups is 1. The number of nitrogens with one attached hydrogen (secondary N) is 1. The molecular formula is C11H10ClNO2. The monoisotopic (exact) mass is 223 g/mol. The zero-order valence-corrected chi connectivity index (χ0v) is 8.97. The molecule has 78 valence electrons. The number of ketones is 1. The number of hydrogen-bond donors (Lipinski definition) is 1. The Labute approximate surface area is 92.0 Å². The van der Waals surface area contributed by atoms with Gasteiger partial charge in [-0.3, -0.25) is 4.79 Å². The first-order chi connectivity index (χ1) is 7.24. The number of aromatic nitrogens is 1. The third kappa shape index (κ3) is 1.83. The molecule has 0 atom stereocenters. The van der Waals surface area contributed by atoms with Crippen LogP contribution in [0.15, 0.2) is 24.3 Å². The van der Waals surface area contributed by atoms with Crippen molar-refractivity contribution in [3.05, 3.63) is 30.0 Å². The lowest BCUT2D eigenvalue weighted by molar-refractivity contribution is 0.101. The number of ether oxygens (including phenoxy) is 1. The van der Waals surface area contributed by atoms with Crippen molar-refractivity contribution in [3.8, 4) is 5.75 Å². The molecule has 0 saturated heterocycles. The molecule has 0 fully saturated rings. The summed E-state index contributed by atoms with van der Waals surface area (Å²) in [6.45, 7) is 0. The third-order valence-electron chi connectivity index (χ3n) is 2.25. The maximum Gasteiger partial charge on any atom is 0.193 e. The molecule has 1 heterocycles. The second-order valence-electron chi connectivity index (χ2n) is 3.19. The van der Waals surface area contributed by atoms with Crippen molar-refractivity contribution in [2.75, 3.05) is 13.0 Å². The highest BCUT2D eigenvalue weighted by Crippen LogP contribution is 2.21. The van der Waals surface area contributed by atoms with Crippen molar-refractivity contribution in [2.24, 2.45) is 0 Å². The highest BCUT2D eigenvalue weighted by atomic mass is 35.5. The zero-order valence-electron chi connectivity index (χ0n) is 8.21. The van der Waals surface area contributed by atoms with E-state index in [1.165, 1.54) is 0 Å². The van der Waals surface area contributed by atoms with Gasteiger partial charge in [-0.05, 0) is 24.3 Å². The van der Waals surface area contributed by atoms with Crippen LogP contribution in [0, 0.1) is 0 Å². The number of methoxy groups -OCH3 is 1. The number of halogens is 1. The molecule has 0 aliphatic carbocycles. The Bertz CT molecular complexity index is 504. The van der Waals surface area contributed by atoms with Gasteiger partial charge in [-0.2, -0.15) is 0 Å². The summed E-state index contributed by atoms with van der Waals surface area (Å²) in [4.78, 5) is 14.4. The molecule has 2 aromatic rings. The van der Waals surface area contributed by atoms with Crippen LogP contribution in [0.1, 0.15) is 10.5 Å². The van der Waals surface area contributed by atoms with Gasteiger partial charge >= 0.3 is 0 Å². The minimum Gasteiger partial charge on any atom is -0.497 e. The van der Waals surface area contributed by atoms with Crippen LogP contribution in [0.3, 0.4) is 0 Å². The minimum atomic E-state index is -0.105. The van der Waals surface area contributed by atoms with Gasteiger partial charge in [-0.1, -0.05) is 0 Å². The fourth-order valence-electron chi connectivity index (χ4n) is 1.46. The Morgan fingerprint density at radius 3 is 2.93 bits per heavy atom. The summed E-state index contributed by atoms with van der Waals surface area (Å²) in [6, 6.07) is 7.37. The van der Waals surface area contributed by atoms with Gasteiger partial charge < -0.3 is 9.72 Å². The summed E-state index contributed by atoms with van der Waals surface area (Å²) in [5.41, 5.74) is 1.44. The normalized spacial score (nSPS) is 10.5. The molecule has 0 spiro atoms. The maximum absolute atomic E-state index is 11.3. The molecule has 4 heteroatoms. The lowest BCUT2D eigenvalue weighted by atomic mass is 10.2. The van der Waals surface area contributed by atoms with Gasteiger partial charge in [0, 0.05) is 10.9 Å². The predicted octanol–water partition coefficient (Wildman–Crippen LogP) is 2.60. The van der Waals surface area contributed by atoms with E-state index in [1.54, 1.807) is 13.2 Å². The van der Waals surface area contributed by atoms with Gasteiger partial charge in [0.15, 0.2) is 5.78 Å². The second-order valence-corrected chi connectivity index (χ2v) is 3.46. The summed E-state index contributed by atoms with van der Waals surface area (Å²) in [5.74, 6) is 0.655. The standard InChI is InChI=1S/C11H10ClNO2/c1-15-8-2-3-9-7(4-8)5-10(13-9)11(14)6-12/h2-5,13H,6H2,1H3. The number of benzene rings is 1. The number of fused-ring (bicyclic) bond motifs is 1. The Morgan fingerprint density at radius 1 is 1.47 bits per heavy atom. The van der Waals surface area contributed by atoms with Crippen LogP contribution in [0.4, 0.5) is 0 Å². The van der Waals surface area contributed by atoms with E-state index >= 15 is 0 Å². The number of hydrogen-bond acceptors (Lipinski definition) is 2. The maximum atomic E-state index is 11.3. The van der Waals surface area contributed by atoms with Gasteiger partial charge in [-0.25, -0.2) is 0 Å². The average molecular weight is 224 g/mol. The van der Waals surface area contributed by atoms with Gasteiger partial charge in [0.05, 0.1) is 18.7 Å². The molecule has 2 rings (SSSR count). The first-order valence-electron chi connectivity index (χ1n) is 4.50. The number of Topliss-reactive ketones (excluding diaryl/α,β-unsaturated/α-hetero) is 1. The Morgan fingerprint density at radius 2 is 2.27 bits per heavy atom.